The van der Waals surface area contributed by atoms with Crippen molar-refractivity contribution in [3.05, 3.63) is 99.1 Å². The van der Waals surface area contributed by atoms with Crippen molar-refractivity contribution in [1.82, 2.24) is 0 Å². The number of hydrogen-bond donors (Lipinski definition) is 0. The van der Waals surface area contributed by atoms with Gasteiger partial charge in [0.15, 0.2) is 0 Å². The Balaban J connectivity index is 1.55. The number of nitro benzene ring substituents is 1. The molecular formula is C27H18N2O7. The van der Waals surface area contributed by atoms with E-state index in [0.29, 0.717) is 11.1 Å². The third-order valence-corrected chi connectivity index (χ3v) is 7.52. The van der Waals surface area contributed by atoms with Gasteiger partial charge >= 0.3 is 11.7 Å². The second-order valence-electron chi connectivity index (χ2n) is 9.16. The van der Waals surface area contributed by atoms with E-state index < -0.39 is 51.6 Å². The van der Waals surface area contributed by atoms with E-state index in [1.807, 2.05) is 36.4 Å². The van der Waals surface area contributed by atoms with Crippen LogP contribution in [0.2, 0.25) is 0 Å². The van der Waals surface area contributed by atoms with Gasteiger partial charge < -0.3 is 9.53 Å². The Morgan fingerprint density at radius 3 is 2.17 bits per heavy atom. The summed E-state index contributed by atoms with van der Waals surface area (Å²) in [5.74, 6) is -4.45. The Hall–Kier alpha value is -4.66. The summed E-state index contributed by atoms with van der Waals surface area (Å²) in [4.78, 5) is 64.1. The van der Waals surface area contributed by atoms with Crippen molar-refractivity contribution in [2.24, 2.45) is 11.8 Å². The average molecular weight is 482 g/mol. The third kappa shape index (κ3) is 2.59. The van der Waals surface area contributed by atoms with Crippen molar-refractivity contribution in [3.8, 4) is 5.75 Å². The third-order valence-electron chi connectivity index (χ3n) is 7.52. The van der Waals surface area contributed by atoms with Gasteiger partial charge in [-0.25, -0.2) is 4.90 Å². The number of imide groups is 1. The number of nitro groups is 1. The number of carbonyl (C=O) groups is 4. The summed E-state index contributed by atoms with van der Waals surface area (Å²) in [6.45, 7) is 1.11. The van der Waals surface area contributed by atoms with Crippen molar-refractivity contribution in [1.29, 1.82) is 0 Å². The largest absolute Gasteiger partial charge is 0.419 e. The number of aldehydes is 1. The first-order valence-corrected chi connectivity index (χ1v) is 11.3. The normalized spacial score (nSPS) is 25.1. The second-order valence-corrected chi connectivity index (χ2v) is 9.16. The predicted molar refractivity (Wildman–Crippen MR) is 125 cm³/mol. The minimum atomic E-state index is -1.36. The molecule has 0 spiro atoms. The van der Waals surface area contributed by atoms with Gasteiger partial charge in [-0.05, 0) is 34.4 Å². The molecule has 3 aromatic carbocycles. The fraction of sp³-hybridized carbons (Fsp3) is 0.185. The van der Waals surface area contributed by atoms with Crippen molar-refractivity contribution in [2.75, 3.05) is 4.90 Å². The van der Waals surface area contributed by atoms with Gasteiger partial charge in [0.05, 0.1) is 27.9 Å². The molecule has 7 rings (SSSR count). The molecule has 9 heteroatoms. The Labute approximate surface area is 204 Å². The molecule has 9 nitrogen and oxygen atoms in total. The molecule has 3 aliphatic carbocycles. The predicted octanol–water partition coefficient (Wildman–Crippen LogP) is 3.27. The second kappa shape index (κ2) is 7.42. The van der Waals surface area contributed by atoms with E-state index in [4.69, 9.17) is 4.74 Å². The lowest BCUT2D eigenvalue weighted by molar-refractivity contribution is -0.385. The van der Waals surface area contributed by atoms with Crippen LogP contribution in [0.3, 0.4) is 0 Å². The zero-order valence-electron chi connectivity index (χ0n) is 18.9. The number of nitrogens with zero attached hydrogens (tertiary/aromatic N) is 2. The molecule has 1 saturated heterocycles. The number of hydrogen-bond acceptors (Lipinski definition) is 7. The molecule has 0 N–H and O–H groups in total. The lowest BCUT2D eigenvalue weighted by atomic mass is 9.48. The van der Waals surface area contributed by atoms with Gasteiger partial charge in [0, 0.05) is 18.9 Å². The van der Waals surface area contributed by atoms with Gasteiger partial charge in [-0.2, -0.15) is 0 Å². The molecule has 2 bridgehead atoms. The number of anilines is 1. The van der Waals surface area contributed by atoms with Crippen molar-refractivity contribution in [3.63, 3.8) is 0 Å². The van der Waals surface area contributed by atoms with Crippen LogP contribution in [0.1, 0.15) is 35.1 Å². The van der Waals surface area contributed by atoms with E-state index in [-0.39, 0.29) is 11.4 Å². The smallest absolute Gasteiger partial charge is 0.313 e. The van der Waals surface area contributed by atoms with Crippen LogP contribution in [-0.2, 0) is 24.6 Å². The van der Waals surface area contributed by atoms with Gasteiger partial charge in [0.2, 0.25) is 17.6 Å². The summed E-state index contributed by atoms with van der Waals surface area (Å²) in [5.41, 5.74) is 1.10. The molecule has 1 aliphatic heterocycles. The molecule has 0 unspecified atom stereocenters. The molecule has 0 saturated carbocycles. The first-order valence-electron chi connectivity index (χ1n) is 11.3. The fourth-order valence-electron chi connectivity index (χ4n) is 6.31. The molecule has 0 aromatic heterocycles. The topological polar surface area (TPSA) is 124 Å². The van der Waals surface area contributed by atoms with Gasteiger partial charge in [-0.15, -0.1) is 0 Å². The van der Waals surface area contributed by atoms with E-state index in [1.165, 1.54) is 12.1 Å². The first-order chi connectivity index (χ1) is 17.3. The van der Waals surface area contributed by atoms with Crippen LogP contribution in [0.4, 0.5) is 11.4 Å². The molecule has 178 valence electrons. The van der Waals surface area contributed by atoms with Gasteiger partial charge in [0.25, 0.3) is 0 Å². The first kappa shape index (κ1) is 21.8. The van der Waals surface area contributed by atoms with Crippen LogP contribution < -0.4 is 9.64 Å². The van der Waals surface area contributed by atoms with Crippen LogP contribution in [0.25, 0.3) is 0 Å². The number of carbonyl (C=O) groups excluding carboxylic acids is 4. The summed E-state index contributed by atoms with van der Waals surface area (Å²) < 4.78 is 4.92. The van der Waals surface area contributed by atoms with Crippen LogP contribution in [0.15, 0.2) is 66.7 Å². The van der Waals surface area contributed by atoms with E-state index in [2.05, 4.69) is 0 Å². The van der Waals surface area contributed by atoms with Crippen LogP contribution in [-0.4, -0.2) is 29.0 Å². The zero-order chi connectivity index (χ0) is 25.4. The van der Waals surface area contributed by atoms with Crippen molar-refractivity contribution < 1.29 is 28.8 Å². The molecule has 36 heavy (non-hydrogen) atoms. The van der Waals surface area contributed by atoms with Crippen molar-refractivity contribution in [2.45, 2.75) is 18.3 Å². The Kier molecular flexibility index (Phi) is 4.50. The van der Waals surface area contributed by atoms with E-state index in [9.17, 15) is 29.3 Å². The maximum absolute atomic E-state index is 14.0. The highest BCUT2D eigenvalue weighted by molar-refractivity contribution is 6.25. The summed E-state index contributed by atoms with van der Waals surface area (Å²) >= 11 is 0. The summed E-state index contributed by atoms with van der Waals surface area (Å²) in [5, 5.41) is 11.7. The molecule has 1 heterocycles. The van der Waals surface area contributed by atoms with E-state index in [1.54, 1.807) is 12.1 Å². The maximum atomic E-state index is 14.0. The molecule has 4 aliphatic rings. The Bertz CT molecular complexity index is 1480. The van der Waals surface area contributed by atoms with Gasteiger partial charge in [-0.3, -0.25) is 24.5 Å². The van der Waals surface area contributed by atoms with Crippen LogP contribution in [0.5, 0.6) is 5.75 Å². The SMILES string of the molecule is CC(=O)Oc1ccc(N2C(=O)[C@H]3C4c5ccccc5C(C=O)(c5ccccc54)[C@H]3C2=O)cc1[N+](=O)[O-]. The highest BCUT2D eigenvalue weighted by atomic mass is 16.6. The summed E-state index contributed by atoms with van der Waals surface area (Å²) in [7, 11) is 0. The number of amides is 2. The minimum absolute atomic E-state index is 0.0180. The standard InChI is InChI=1S/C27H18N2O7/c1-14(31)36-21-11-10-15(12-20(21)29(34)35)28-25(32)23-22-16-6-2-4-8-18(16)27(13-30,24(23)26(28)33)19-9-5-3-7-17(19)22/h2-13,22-24H,1H3/t22?,23-,24+,27?/m0/s1. The molecule has 3 aromatic rings. The molecule has 2 amide bonds. The summed E-state index contributed by atoms with van der Waals surface area (Å²) in [6.07, 6.45) is 0.763. The number of esters is 1. The molecule has 2 atom stereocenters. The van der Waals surface area contributed by atoms with E-state index >= 15 is 0 Å². The van der Waals surface area contributed by atoms with Crippen molar-refractivity contribution >= 4 is 35.4 Å². The quantitative estimate of drug-likeness (QED) is 0.140. The average Bonchev–Trinajstić information content (AvgIpc) is 3.14. The Morgan fingerprint density at radius 1 is 1.00 bits per heavy atom. The lowest BCUT2D eigenvalue weighted by Crippen LogP contribution is -2.54. The number of rotatable bonds is 4. The number of ether oxygens (including phenoxy) is 1. The van der Waals surface area contributed by atoms with E-state index in [0.717, 1.165) is 35.3 Å². The zero-order valence-corrected chi connectivity index (χ0v) is 18.9. The molecule has 0 radical (unpaired) electrons. The summed E-state index contributed by atoms with van der Waals surface area (Å²) in [6, 6.07) is 18.2. The molecule has 1 fully saturated rings. The van der Waals surface area contributed by atoms with Gasteiger partial charge in [0.1, 0.15) is 6.29 Å². The highest BCUT2D eigenvalue weighted by Crippen LogP contribution is 2.63. The van der Waals surface area contributed by atoms with Gasteiger partial charge in [-0.1, -0.05) is 48.5 Å². The lowest BCUT2D eigenvalue weighted by Gasteiger charge is -2.51. The molecular weight excluding hydrogens is 464 g/mol. The van der Waals surface area contributed by atoms with Crippen LogP contribution >= 0.6 is 0 Å². The number of benzene rings is 3. The fourth-order valence-corrected chi connectivity index (χ4v) is 6.31. The van der Waals surface area contributed by atoms with Crippen LogP contribution in [0, 0.1) is 22.0 Å². The highest BCUT2D eigenvalue weighted by Gasteiger charge is 2.68. The monoisotopic (exact) mass is 482 g/mol. The maximum Gasteiger partial charge on any atom is 0.313 e. The minimum Gasteiger partial charge on any atom is -0.419 e. The Morgan fingerprint density at radius 2 is 1.61 bits per heavy atom.